The standard InChI is InChI=1S/C17H26N2O2/c1-4-6-10-19(3)15(5-2)17(20)13-7-8-16-14(12-13)18-9-11-21-16/h7-8,12,15,18H,4-6,9-11H2,1-3H3. The van der Waals surface area contributed by atoms with Crippen molar-refractivity contribution in [3.63, 3.8) is 0 Å². The van der Waals surface area contributed by atoms with Gasteiger partial charge in [-0.15, -0.1) is 0 Å². The van der Waals surface area contributed by atoms with Crippen LogP contribution in [0.5, 0.6) is 5.75 Å². The Hall–Kier alpha value is -1.55. The fraction of sp³-hybridized carbons (Fsp3) is 0.588. The van der Waals surface area contributed by atoms with Gasteiger partial charge in [-0.2, -0.15) is 0 Å². The fourth-order valence-corrected chi connectivity index (χ4v) is 2.75. The molecule has 0 spiro atoms. The van der Waals surface area contributed by atoms with E-state index in [4.69, 9.17) is 4.74 Å². The van der Waals surface area contributed by atoms with E-state index in [2.05, 4.69) is 24.1 Å². The normalized spacial score (nSPS) is 15.0. The molecule has 116 valence electrons. The molecule has 0 radical (unpaired) electrons. The molecule has 0 fully saturated rings. The summed E-state index contributed by atoms with van der Waals surface area (Å²) in [5.74, 6) is 1.04. The average Bonchev–Trinajstić information content (AvgIpc) is 2.53. The van der Waals surface area contributed by atoms with Crippen LogP contribution in [0.4, 0.5) is 5.69 Å². The Kier molecular flexibility index (Phi) is 5.62. The summed E-state index contributed by atoms with van der Waals surface area (Å²) in [5, 5.41) is 3.29. The number of ketones is 1. The number of carbonyl (C=O) groups excluding carboxylic acids is 1. The lowest BCUT2D eigenvalue weighted by atomic mass is 9.99. The molecule has 1 aliphatic heterocycles. The minimum absolute atomic E-state index is 0.0425. The molecule has 4 nitrogen and oxygen atoms in total. The van der Waals surface area contributed by atoms with Crippen LogP contribution >= 0.6 is 0 Å². The fourth-order valence-electron chi connectivity index (χ4n) is 2.75. The molecular formula is C17H26N2O2. The number of anilines is 1. The third kappa shape index (κ3) is 3.76. The molecule has 21 heavy (non-hydrogen) atoms. The van der Waals surface area contributed by atoms with Crippen molar-refractivity contribution in [3.8, 4) is 5.75 Å². The van der Waals surface area contributed by atoms with E-state index in [0.717, 1.165) is 49.4 Å². The molecule has 1 heterocycles. The van der Waals surface area contributed by atoms with Crippen LogP contribution in [-0.2, 0) is 0 Å². The Balaban J connectivity index is 2.13. The number of nitrogens with zero attached hydrogens (tertiary/aromatic N) is 1. The minimum Gasteiger partial charge on any atom is -0.490 e. The van der Waals surface area contributed by atoms with E-state index in [1.807, 2.05) is 25.2 Å². The lowest BCUT2D eigenvalue weighted by Gasteiger charge is -2.26. The third-order valence-electron chi connectivity index (χ3n) is 4.02. The molecule has 4 heteroatoms. The van der Waals surface area contributed by atoms with Crippen LogP contribution in [0.1, 0.15) is 43.5 Å². The molecule has 0 saturated heterocycles. The molecule has 1 aromatic carbocycles. The number of rotatable bonds is 7. The predicted octanol–water partition coefficient (Wildman–Crippen LogP) is 3.18. The zero-order chi connectivity index (χ0) is 15.2. The van der Waals surface area contributed by atoms with Crippen molar-refractivity contribution in [1.29, 1.82) is 0 Å². The average molecular weight is 290 g/mol. The van der Waals surface area contributed by atoms with Crippen LogP contribution in [0, 0.1) is 0 Å². The molecule has 1 unspecified atom stereocenters. The smallest absolute Gasteiger partial charge is 0.180 e. The maximum absolute atomic E-state index is 12.8. The summed E-state index contributed by atoms with van der Waals surface area (Å²) >= 11 is 0. The van der Waals surface area contributed by atoms with Gasteiger partial charge in [0.1, 0.15) is 12.4 Å². The van der Waals surface area contributed by atoms with Crippen molar-refractivity contribution in [2.75, 3.05) is 32.1 Å². The van der Waals surface area contributed by atoms with Crippen LogP contribution in [0.15, 0.2) is 18.2 Å². The van der Waals surface area contributed by atoms with Crippen molar-refractivity contribution in [2.24, 2.45) is 0 Å². The highest BCUT2D eigenvalue weighted by molar-refractivity contribution is 6.01. The van der Waals surface area contributed by atoms with Gasteiger partial charge in [0.2, 0.25) is 0 Å². The molecule has 0 aromatic heterocycles. The Labute approximate surface area is 127 Å². The highest BCUT2D eigenvalue weighted by Crippen LogP contribution is 2.29. The SMILES string of the molecule is CCCCN(C)C(CC)C(=O)c1ccc2c(c1)NCCO2. The lowest BCUT2D eigenvalue weighted by molar-refractivity contribution is 0.0844. The highest BCUT2D eigenvalue weighted by Gasteiger charge is 2.23. The largest absolute Gasteiger partial charge is 0.490 e. The maximum Gasteiger partial charge on any atom is 0.180 e. The van der Waals surface area contributed by atoms with Gasteiger partial charge < -0.3 is 10.1 Å². The van der Waals surface area contributed by atoms with E-state index in [1.54, 1.807) is 0 Å². The monoisotopic (exact) mass is 290 g/mol. The first-order chi connectivity index (χ1) is 10.2. The first-order valence-electron chi connectivity index (χ1n) is 7.92. The van der Waals surface area contributed by atoms with Crippen LogP contribution in [0.2, 0.25) is 0 Å². The van der Waals surface area contributed by atoms with Gasteiger partial charge in [0.15, 0.2) is 5.78 Å². The number of Topliss-reactive ketones (excluding diaryl/α,β-unsaturated/α-hetero) is 1. The number of nitrogens with one attached hydrogen (secondary N) is 1. The quantitative estimate of drug-likeness (QED) is 0.783. The molecule has 1 atom stereocenters. The summed E-state index contributed by atoms with van der Waals surface area (Å²) in [6.07, 6.45) is 3.11. The van der Waals surface area contributed by atoms with E-state index in [9.17, 15) is 4.79 Å². The molecule has 0 aliphatic carbocycles. The van der Waals surface area contributed by atoms with Gasteiger partial charge >= 0.3 is 0 Å². The van der Waals surface area contributed by atoms with E-state index in [-0.39, 0.29) is 11.8 Å². The molecule has 1 aromatic rings. The van der Waals surface area contributed by atoms with Crippen molar-refractivity contribution < 1.29 is 9.53 Å². The minimum atomic E-state index is -0.0425. The molecular weight excluding hydrogens is 264 g/mol. The molecule has 1 aliphatic rings. The van der Waals surface area contributed by atoms with Gasteiger partial charge in [-0.25, -0.2) is 0 Å². The van der Waals surface area contributed by atoms with Crippen LogP contribution in [0.25, 0.3) is 0 Å². The highest BCUT2D eigenvalue weighted by atomic mass is 16.5. The summed E-state index contributed by atoms with van der Waals surface area (Å²) in [6, 6.07) is 5.66. The molecule has 0 amide bonds. The summed E-state index contributed by atoms with van der Waals surface area (Å²) in [5.41, 5.74) is 1.69. The van der Waals surface area contributed by atoms with E-state index >= 15 is 0 Å². The number of ether oxygens (including phenoxy) is 1. The molecule has 1 N–H and O–H groups in total. The number of benzene rings is 1. The third-order valence-corrected chi connectivity index (χ3v) is 4.02. The van der Waals surface area contributed by atoms with Crippen LogP contribution in [0.3, 0.4) is 0 Å². The number of likely N-dealkylation sites (N-methyl/N-ethyl adjacent to an activating group) is 1. The Bertz CT molecular complexity index is 488. The first kappa shape index (κ1) is 15.8. The number of fused-ring (bicyclic) bond motifs is 1. The van der Waals surface area contributed by atoms with Gasteiger partial charge in [-0.3, -0.25) is 9.69 Å². The first-order valence-corrected chi connectivity index (χ1v) is 7.92. The Morgan fingerprint density at radius 1 is 1.43 bits per heavy atom. The number of unbranched alkanes of at least 4 members (excludes halogenated alkanes) is 1. The van der Waals surface area contributed by atoms with Crippen molar-refractivity contribution >= 4 is 11.5 Å². The van der Waals surface area contributed by atoms with E-state index < -0.39 is 0 Å². The second kappa shape index (κ2) is 7.46. The molecule has 0 saturated carbocycles. The zero-order valence-corrected chi connectivity index (χ0v) is 13.3. The number of carbonyl (C=O) groups is 1. The van der Waals surface area contributed by atoms with Crippen LogP contribution < -0.4 is 10.1 Å². The number of hydrogen-bond acceptors (Lipinski definition) is 4. The van der Waals surface area contributed by atoms with Crippen molar-refractivity contribution in [2.45, 2.75) is 39.2 Å². The second-order valence-corrected chi connectivity index (χ2v) is 5.61. The Morgan fingerprint density at radius 3 is 2.95 bits per heavy atom. The van der Waals surface area contributed by atoms with E-state index in [1.165, 1.54) is 0 Å². The molecule has 0 bridgehead atoms. The summed E-state index contributed by atoms with van der Waals surface area (Å²) in [4.78, 5) is 14.9. The van der Waals surface area contributed by atoms with Crippen LogP contribution in [-0.4, -0.2) is 43.5 Å². The lowest BCUT2D eigenvalue weighted by Crippen LogP contribution is -2.38. The van der Waals surface area contributed by atoms with Gasteiger partial charge in [-0.1, -0.05) is 20.3 Å². The second-order valence-electron chi connectivity index (χ2n) is 5.61. The maximum atomic E-state index is 12.8. The predicted molar refractivity (Wildman–Crippen MR) is 86.4 cm³/mol. The molecule has 2 rings (SSSR count). The summed E-state index contributed by atoms with van der Waals surface area (Å²) in [7, 11) is 2.04. The van der Waals surface area contributed by atoms with Gasteiger partial charge in [0.25, 0.3) is 0 Å². The number of hydrogen-bond donors (Lipinski definition) is 1. The topological polar surface area (TPSA) is 41.6 Å². The van der Waals surface area contributed by atoms with Gasteiger partial charge in [0.05, 0.1) is 11.7 Å². The van der Waals surface area contributed by atoms with Crippen molar-refractivity contribution in [1.82, 2.24) is 4.90 Å². The zero-order valence-electron chi connectivity index (χ0n) is 13.3. The summed E-state index contributed by atoms with van der Waals surface area (Å²) < 4.78 is 5.56. The Morgan fingerprint density at radius 2 is 2.24 bits per heavy atom. The summed E-state index contributed by atoms with van der Waals surface area (Å²) in [6.45, 7) is 6.68. The van der Waals surface area contributed by atoms with Gasteiger partial charge in [0, 0.05) is 12.1 Å². The van der Waals surface area contributed by atoms with E-state index in [0.29, 0.717) is 6.61 Å². The van der Waals surface area contributed by atoms with Crippen molar-refractivity contribution in [3.05, 3.63) is 23.8 Å². The van der Waals surface area contributed by atoms with Gasteiger partial charge in [-0.05, 0) is 44.6 Å².